The summed E-state index contributed by atoms with van der Waals surface area (Å²) in [7, 11) is 1.61. The number of esters is 1. The smallest absolute Gasteiger partial charge is 0.339 e. The number of amides is 1. The Kier molecular flexibility index (Phi) is 7.42. The van der Waals surface area contributed by atoms with Crippen LogP contribution in [-0.2, 0) is 16.6 Å². The zero-order valence-electron chi connectivity index (χ0n) is 16.0. The standard InChI is InChI=1S/C20H30N2O4/c1-14(2)18(19(24)21-16-9-7-5-4-6-8-10-16)26-20(25)15-11-12-22(3)17(23)13-15/h11-14,16,18H,4-10H2,1-3H3,(H,21,24)/t18-/m0/s1. The predicted molar refractivity (Wildman–Crippen MR) is 100.0 cm³/mol. The molecule has 1 aromatic heterocycles. The van der Waals surface area contributed by atoms with Gasteiger partial charge in [0.05, 0.1) is 5.56 Å². The number of aryl methyl sites for hydroxylation is 1. The van der Waals surface area contributed by atoms with E-state index in [9.17, 15) is 14.4 Å². The molecule has 0 unspecified atom stereocenters. The summed E-state index contributed by atoms with van der Waals surface area (Å²) < 4.78 is 6.83. The van der Waals surface area contributed by atoms with Crippen molar-refractivity contribution in [1.82, 2.24) is 9.88 Å². The van der Waals surface area contributed by atoms with E-state index in [4.69, 9.17) is 4.74 Å². The third-order valence-electron chi connectivity index (χ3n) is 4.89. The predicted octanol–water partition coefficient (Wildman–Crippen LogP) is 2.80. The van der Waals surface area contributed by atoms with E-state index in [0.717, 1.165) is 25.7 Å². The minimum atomic E-state index is -0.864. The monoisotopic (exact) mass is 362 g/mol. The van der Waals surface area contributed by atoms with Crippen LogP contribution in [0.3, 0.4) is 0 Å². The van der Waals surface area contributed by atoms with Gasteiger partial charge in [-0.15, -0.1) is 0 Å². The van der Waals surface area contributed by atoms with Crippen LogP contribution in [0.2, 0.25) is 0 Å². The molecule has 0 saturated heterocycles. The molecule has 26 heavy (non-hydrogen) atoms. The van der Waals surface area contributed by atoms with Crippen LogP contribution >= 0.6 is 0 Å². The molecule has 1 fully saturated rings. The number of hydrogen-bond donors (Lipinski definition) is 1. The fourth-order valence-electron chi connectivity index (χ4n) is 3.23. The number of nitrogens with one attached hydrogen (secondary N) is 1. The molecule has 0 aliphatic heterocycles. The zero-order valence-corrected chi connectivity index (χ0v) is 16.0. The molecule has 1 saturated carbocycles. The normalized spacial score (nSPS) is 17.2. The topological polar surface area (TPSA) is 77.4 Å². The lowest BCUT2D eigenvalue weighted by Crippen LogP contribution is -2.45. The molecular formula is C20H30N2O4. The van der Waals surface area contributed by atoms with Crippen molar-refractivity contribution in [2.75, 3.05) is 0 Å². The lowest BCUT2D eigenvalue weighted by atomic mass is 9.96. The maximum Gasteiger partial charge on any atom is 0.339 e. The van der Waals surface area contributed by atoms with Crippen LogP contribution < -0.4 is 10.9 Å². The second-order valence-corrected chi connectivity index (χ2v) is 7.49. The third kappa shape index (κ3) is 5.71. The summed E-state index contributed by atoms with van der Waals surface area (Å²) in [6.07, 6.45) is 8.50. The molecule has 1 aromatic rings. The van der Waals surface area contributed by atoms with Gasteiger partial charge in [0.1, 0.15) is 0 Å². The van der Waals surface area contributed by atoms with Gasteiger partial charge >= 0.3 is 5.97 Å². The quantitative estimate of drug-likeness (QED) is 0.817. The van der Waals surface area contributed by atoms with E-state index in [1.807, 2.05) is 13.8 Å². The Morgan fingerprint density at radius 1 is 1.15 bits per heavy atom. The van der Waals surface area contributed by atoms with Crippen molar-refractivity contribution in [3.8, 4) is 0 Å². The summed E-state index contributed by atoms with van der Waals surface area (Å²) in [5.41, 5.74) is -0.128. The second kappa shape index (κ2) is 9.55. The number of aromatic nitrogens is 1. The van der Waals surface area contributed by atoms with Gasteiger partial charge in [-0.3, -0.25) is 9.59 Å². The summed E-state index contributed by atoms with van der Waals surface area (Å²) in [6, 6.07) is 2.90. The Balaban J connectivity index is 2.02. The van der Waals surface area contributed by atoms with Crippen molar-refractivity contribution in [2.45, 2.75) is 70.9 Å². The average Bonchev–Trinajstić information content (AvgIpc) is 2.56. The van der Waals surface area contributed by atoms with Crippen molar-refractivity contribution in [3.63, 3.8) is 0 Å². The first-order chi connectivity index (χ1) is 12.4. The van der Waals surface area contributed by atoms with E-state index in [0.29, 0.717) is 0 Å². The van der Waals surface area contributed by atoms with Gasteiger partial charge in [0, 0.05) is 25.4 Å². The Bertz CT molecular complexity index is 673. The lowest BCUT2D eigenvalue weighted by molar-refractivity contribution is -0.133. The van der Waals surface area contributed by atoms with E-state index in [1.165, 1.54) is 42.2 Å². The highest BCUT2D eigenvalue weighted by molar-refractivity contribution is 5.92. The van der Waals surface area contributed by atoms with Crippen LogP contribution in [0, 0.1) is 5.92 Å². The molecule has 1 heterocycles. The first-order valence-corrected chi connectivity index (χ1v) is 9.56. The third-order valence-corrected chi connectivity index (χ3v) is 4.89. The van der Waals surface area contributed by atoms with E-state index >= 15 is 0 Å². The molecule has 0 spiro atoms. The number of pyridine rings is 1. The molecule has 0 radical (unpaired) electrons. The molecule has 0 bridgehead atoms. The molecule has 1 aliphatic rings. The fourth-order valence-corrected chi connectivity index (χ4v) is 3.23. The first-order valence-electron chi connectivity index (χ1n) is 9.56. The number of nitrogens with zero attached hydrogens (tertiary/aromatic N) is 1. The Morgan fingerprint density at radius 2 is 1.77 bits per heavy atom. The van der Waals surface area contributed by atoms with Gasteiger partial charge in [0.15, 0.2) is 6.10 Å². The van der Waals surface area contributed by atoms with Gasteiger partial charge in [0.2, 0.25) is 0 Å². The molecule has 2 rings (SSSR count). The summed E-state index contributed by atoms with van der Waals surface area (Å²) in [4.78, 5) is 36.8. The molecule has 144 valence electrons. The van der Waals surface area contributed by atoms with E-state index in [-0.39, 0.29) is 29.0 Å². The number of ether oxygens (including phenoxy) is 1. The van der Waals surface area contributed by atoms with E-state index in [2.05, 4.69) is 5.32 Å². The lowest BCUT2D eigenvalue weighted by Gasteiger charge is -2.26. The Morgan fingerprint density at radius 3 is 2.35 bits per heavy atom. The van der Waals surface area contributed by atoms with Crippen molar-refractivity contribution < 1.29 is 14.3 Å². The molecule has 6 heteroatoms. The SMILES string of the molecule is CC(C)[C@H](OC(=O)c1ccn(C)c(=O)c1)C(=O)NC1CCCCCCC1. The Labute approximate surface area is 154 Å². The zero-order chi connectivity index (χ0) is 19.1. The van der Waals surface area contributed by atoms with Crippen molar-refractivity contribution in [3.05, 3.63) is 34.2 Å². The van der Waals surface area contributed by atoms with Gasteiger partial charge < -0.3 is 14.6 Å². The largest absolute Gasteiger partial charge is 0.448 e. The van der Waals surface area contributed by atoms with Gasteiger partial charge in [-0.2, -0.15) is 0 Å². The molecule has 0 aromatic carbocycles. The summed E-state index contributed by atoms with van der Waals surface area (Å²) in [5.74, 6) is -1.05. The van der Waals surface area contributed by atoms with Crippen molar-refractivity contribution >= 4 is 11.9 Å². The average molecular weight is 362 g/mol. The molecule has 1 N–H and O–H groups in total. The van der Waals surface area contributed by atoms with E-state index in [1.54, 1.807) is 7.05 Å². The summed E-state index contributed by atoms with van der Waals surface area (Å²) >= 11 is 0. The number of hydrogen-bond acceptors (Lipinski definition) is 4. The van der Waals surface area contributed by atoms with Gasteiger partial charge in [0.25, 0.3) is 11.5 Å². The summed E-state index contributed by atoms with van der Waals surface area (Å²) in [6.45, 7) is 3.69. The maximum atomic E-state index is 12.7. The van der Waals surface area contributed by atoms with Crippen LogP contribution in [-0.4, -0.2) is 28.6 Å². The van der Waals surface area contributed by atoms with Crippen molar-refractivity contribution in [2.24, 2.45) is 13.0 Å². The van der Waals surface area contributed by atoms with Crippen LogP contribution in [0.4, 0.5) is 0 Å². The first kappa shape index (κ1) is 20.2. The highest BCUT2D eigenvalue weighted by atomic mass is 16.5. The van der Waals surface area contributed by atoms with Gasteiger partial charge in [-0.05, 0) is 24.8 Å². The van der Waals surface area contributed by atoms with Crippen molar-refractivity contribution in [1.29, 1.82) is 0 Å². The highest BCUT2D eigenvalue weighted by Crippen LogP contribution is 2.18. The molecule has 1 atom stereocenters. The van der Waals surface area contributed by atoms with Crippen LogP contribution in [0.5, 0.6) is 0 Å². The molecule has 1 aliphatic carbocycles. The summed E-state index contributed by atoms with van der Waals surface area (Å²) in [5, 5.41) is 3.06. The fraction of sp³-hybridized carbons (Fsp3) is 0.650. The maximum absolute atomic E-state index is 12.7. The van der Waals surface area contributed by atoms with Gasteiger partial charge in [-0.25, -0.2) is 4.79 Å². The number of rotatable bonds is 5. The Hall–Kier alpha value is -2.11. The highest BCUT2D eigenvalue weighted by Gasteiger charge is 2.29. The minimum absolute atomic E-state index is 0.145. The minimum Gasteiger partial charge on any atom is -0.448 e. The van der Waals surface area contributed by atoms with Crippen LogP contribution in [0.25, 0.3) is 0 Å². The molecular weight excluding hydrogens is 332 g/mol. The van der Waals surface area contributed by atoms with Crippen LogP contribution in [0.15, 0.2) is 23.1 Å². The molecule has 1 amide bonds. The van der Waals surface area contributed by atoms with Gasteiger partial charge in [-0.1, -0.05) is 46.0 Å². The second-order valence-electron chi connectivity index (χ2n) is 7.49. The number of carbonyl (C=O) groups excluding carboxylic acids is 2. The van der Waals surface area contributed by atoms with E-state index < -0.39 is 12.1 Å². The van der Waals surface area contributed by atoms with Crippen LogP contribution in [0.1, 0.15) is 69.2 Å². The molecule has 6 nitrogen and oxygen atoms in total. The number of carbonyl (C=O) groups is 2.